The molecule has 1 aromatic heterocycles. The molecule has 0 aliphatic heterocycles. The Hall–Kier alpha value is -3.18. The van der Waals surface area contributed by atoms with Gasteiger partial charge in [0.15, 0.2) is 5.78 Å². The smallest absolute Gasteiger partial charge is 0.263 e. The summed E-state index contributed by atoms with van der Waals surface area (Å²) in [4.78, 5) is 36.5. The first kappa shape index (κ1) is 18.6. The lowest BCUT2D eigenvalue weighted by molar-refractivity contribution is 0.101. The van der Waals surface area contributed by atoms with Gasteiger partial charge in [0.2, 0.25) is 0 Å². The summed E-state index contributed by atoms with van der Waals surface area (Å²) < 4.78 is 1.46. The van der Waals surface area contributed by atoms with Gasteiger partial charge in [0, 0.05) is 22.5 Å². The number of amides is 1. The van der Waals surface area contributed by atoms with Crippen molar-refractivity contribution < 1.29 is 9.59 Å². The van der Waals surface area contributed by atoms with Crippen molar-refractivity contribution in [3.8, 4) is 0 Å². The summed E-state index contributed by atoms with van der Waals surface area (Å²) in [6, 6.07) is 16.8. The normalized spacial score (nSPS) is 10.4. The number of aromatic nitrogens is 1. The number of halogens is 1. The first-order valence-corrected chi connectivity index (χ1v) is 8.68. The highest BCUT2D eigenvalue weighted by Gasteiger charge is 2.13. The molecule has 0 radical (unpaired) electrons. The second-order valence-corrected chi connectivity index (χ2v) is 6.51. The van der Waals surface area contributed by atoms with Crippen LogP contribution in [0.15, 0.2) is 71.7 Å². The molecule has 1 heterocycles. The van der Waals surface area contributed by atoms with Crippen LogP contribution in [0.4, 0.5) is 5.69 Å². The summed E-state index contributed by atoms with van der Waals surface area (Å²) in [5.41, 5.74) is 1.57. The zero-order chi connectivity index (χ0) is 19.4. The lowest BCUT2D eigenvalue weighted by Gasteiger charge is -2.09. The van der Waals surface area contributed by atoms with Crippen molar-refractivity contribution in [1.82, 2.24) is 4.57 Å². The average Bonchev–Trinajstić information content (AvgIpc) is 2.64. The SMILES string of the molecule is CC(=O)c1ccc(NC(=O)c2cccn(Cc3cccc(Cl)c3)c2=O)cc1. The van der Waals surface area contributed by atoms with Crippen LogP contribution in [0.25, 0.3) is 0 Å². The number of nitrogens with one attached hydrogen (secondary N) is 1. The van der Waals surface area contributed by atoms with E-state index >= 15 is 0 Å². The predicted octanol–water partition coefficient (Wildman–Crippen LogP) is 4.00. The van der Waals surface area contributed by atoms with E-state index < -0.39 is 11.5 Å². The van der Waals surface area contributed by atoms with Crippen LogP contribution in [0.3, 0.4) is 0 Å². The van der Waals surface area contributed by atoms with E-state index in [0.717, 1.165) is 5.56 Å². The molecule has 27 heavy (non-hydrogen) atoms. The number of pyridine rings is 1. The lowest BCUT2D eigenvalue weighted by atomic mass is 10.1. The molecule has 0 saturated carbocycles. The van der Waals surface area contributed by atoms with Crippen molar-refractivity contribution in [3.05, 3.63) is 98.9 Å². The van der Waals surface area contributed by atoms with E-state index in [-0.39, 0.29) is 11.3 Å². The number of hydrogen-bond donors (Lipinski definition) is 1. The standard InChI is InChI=1S/C21H17ClN2O3/c1-14(25)16-7-9-18(10-8-16)23-20(26)19-6-3-11-24(21(19)27)13-15-4-2-5-17(22)12-15/h2-12H,13H2,1H3,(H,23,26). The Morgan fingerprint density at radius 3 is 2.44 bits per heavy atom. The summed E-state index contributed by atoms with van der Waals surface area (Å²) >= 11 is 5.98. The first-order chi connectivity index (χ1) is 12.9. The molecular weight excluding hydrogens is 364 g/mol. The van der Waals surface area contributed by atoms with Crippen LogP contribution in [0, 0.1) is 0 Å². The molecule has 0 spiro atoms. The van der Waals surface area contributed by atoms with Crippen molar-refractivity contribution in [3.63, 3.8) is 0 Å². The van der Waals surface area contributed by atoms with E-state index in [1.807, 2.05) is 12.1 Å². The van der Waals surface area contributed by atoms with E-state index in [9.17, 15) is 14.4 Å². The Morgan fingerprint density at radius 2 is 1.78 bits per heavy atom. The Morgan fingerprint density at radius 1 is 1.04 bits per heavy atom. The van der Waals surface area contributed by atoms with Crippen LogP contribution in [-0.4, -0.2) is 16.3 Å². The maximum atomic E-state index is 12.7. The Bertz CT molecular complexity index is 1060. The molecule has 2 aromatic carbocycles. The van der Waals surface area contributed by atoms with E-state index in [2.05, 4.69) is 5.32 Å². The zero-order valence-electron chi connectivity index (χ0n) is 14.6. The van der Waals surface area contributed by atoms with Crippen LogP contribution in [0.5, 0.6) is 0 Å². The summed E-state index contributed by atoms with van der Waals surface area (Å²) in [6.45, 7) is 1.79. The molecule has 0 bridgehead atoms. The number of benzene rings is 2. The fourth-order valence-electron chi connectivity index (χ4n) is 2.65. The molecule has 136 valence electrons. The third-order valence-electron chi connectivity index (χ3n) is 4.06. The maximum absolute atomic E-state index is 12.7. The highest BCUT2D eigenvalue weighted by molar-refractivity contribution is 6.30. The van der Waals surface area contributed by atoms with Gasteiger partial charge in [0.25, 0.3) is 11.5 Å². The summed E-state index contributed by atoms with van der Waals surface area (Å²) in [5, 5.41) is 3.27. The number of carbonyl (C=O) groups is 2. The van der Waals surface area contributed by atoms with E-state index in [0.29, 0.717) is 22.8 Å². The molecule has 0 unspecified atom stereocenters. The molecule has 6 heteroatoms. The van der Waals surface area contributed by atoms with Crippen LogP contribution >= 0.6 is 11.6 Å². The third kappa shape index (κ3) is 4.51. The number of Topliss-reactive ketones (excluding diaryl/α,β-unsaturated/α-hetero) is 1. The maximum Gasteiger partial charge on any atom is 0.263 e. The summed E-state index contributed by atoms with van der Waals surface area (Å²) in [6.07, 6.45) is 1.63. The number of anilines is 1. The van der Waals surface area contributed by atoms with Gasteiger partial charge in [0.05, 0.1) is 6.54 Å². The molecule has 0 saturated heterocycles. The second-order valence-electron chi connectivity index (χ2n) is 6.07. The van der Waals surface area contributed by atoms with Crippen LogP contribution in [0.2, 0.25) is 5.02 Å². The van der Waals surface area contributed by atoms with Gasteiger partial charge in [-0.3, -0.25) is 14.4 Å². The monoisotopic (exact) mass is 380 g/mol. The van der Waals surface area contributed by atoms with Gasteiger partial charge in [0.1, 0.15) is 5.56 Å². The van der Waals surface area contributed by atoms with Gasteiger partial charge in [-0.2, -0.15) is 0 Å². The molecule has 1 N–H and O–H groups in total. The van der Waals surface area contributed by atoms with Gasteiger partial charge in [-0.05, 0) is 61.0 Å². The first-order valence-electron chi connectivity index (χ1n) is 8.30. The highest BCUT2D eigenvalue weighted by Crippen LogP contribution is 2.13. The van der Waals surface area contributed by atoms with Gasteiger partial charge >= 0.3 is 0 Å². The average molecular weight is 381 g/mol. The van der Waals surface area contributed by atoms with Crippen molar-refractivity contribution in [2.75, 3.05) is 5.32 Å². The molecular formula is C21H17ClN2O3. The third-order valence-corrected chi connectivity index (χ3v) is 4.29. The summed E-state index contributed by atoms with van der Waals surface area (Å²) in [5.74, 6) is -0.559. The minimum atomic E-state index is -0.504. The Kier molecular flexibility index (Phi) is 5.52. The molecule has 5 nitrogen and oxygen atoms in total. The highest BCUT2D eigenvalue weighted by atomic mass is 35.5. The minimum Gasteiger partial charge on any atom is -0.322 e. The van der Waals surface area contributed by atoms with Gasteiger partial charge in [-0.25, -0.2) is 0 Å². The largest absolute Gasteiger partial charge is 0.322 e. The molecule has 3 aromatic rings. The van der Waals surface area contributed by atoms with Crippen LogP contribution < -0.4 is 10.9 Å². The second kappa shape index (κ2) is 8.01. The molecule has 0 fully saturated rings. The number of carbonyl (C=O) groups excluding carboxylic acids is 2. The number of rotatable bonds is 5. The zero-order valence-corrected chi connectivity index (χ0v) is 15.4. The van der Waals surface area contributed by atoms with Crippen molar-refractivity contribution in [1.29, 1.82) is 0 Å². The Labute approximate surface area is 161 Å². The molecule has 1 amide bonds. The number of nitrogens with zero attached hydrogens (tertiary/aromatic N) is 1. The molecule has 0 aliphatic rings. The van der Waals surface area contributed by atoms with E-state index in [4.69, 9.17) is 11.6 Å². The van der Waals surface area contributed by atoms with Crippen molar-refractivity contribution in [2.45, 2.75) is 13.5 Å². The topological polar surface area (TPSA) is 68.2 Å². The van der Waals surface area contributed by atoms with E-state index in [1.165, 1.54) is 17.6 Å². The molecule has 0 aliphatic carbocycles. The summed E-state index contributed by atoms with van der Waals surface area (Å²) in [7, 11) is 0. The fraction of sp³-hybridized carbons (Fsp3) is 0.0952. The van der Waals surface area contributed by atoms with Gasteiger partial charge in [-0.1, -0.05) is 23.7 Å². The number of hydrogen-bond acceptors (Lipinski definition) is 3. The van der Waals surface area contributed by atoms with Gasteiger partial charge in [-0.15, -0.1) is 0 Å². The van der Waals surface area contributed by atoms with Crippen molar-refractivity contribution >= 4 is 29.0 Å². The van der Waals surface area contributed by atoms with Crippen molar-refractivity contribution in [2.24, 2.45) is 0 Å². The van der Waals surface area contributed by atoms with E-state index in [1.54, 1.807) is 48.7 Å². The van der Waals surface area contributed by atoms with Crippen LogP contribution in [-0.2, 0) is 6.54 Å². The Balaban J connectivity index is 1.81. The quantitative estimate of drug-likeness (QED) is 0.680. The molecule has 0 atom stereocenters. The van der Waals surface area contributed by atoms with Crippen LogP contribution in [0.1, 0.15) is 33.2 Å². The number of ketones is 1. The predicted molar refractivity (Wildman–Crippen MR) is 106 cm³/mol. The molecule has 3 rings (SSSR count). The van der Waals surface area contributed by atoms with Gasteiger partial charge < -0.3 is 9.88 Å². The fourth-order valence-corrected chi connectivity index (χ4v) is 2.87. The minimum absolute atomic E-state index is 0.0372. The lowest BCUT2D eigenvalue weighted by Crippen LogP contribution is -2.29.